The van der Waals surface area contributed by atoms with Crippen LogP contribution in [0.4, 0.5) is 0 Å². The molecule has 0 saturated carbocycles. The molecular weight excluding hydrogens is 152 g/mol. The average Bonchev–Trinajstić information content (AvgIpc) is 2.26. The Morgan fingerprint density at radius 3 is 2.33 bits per heavy atom. The second kappa shape index (κ2) is 2.61. The summed E-state index contributed by atoms with van der Waals surface area (Å²) in [6.45, 7) is 6.11. The van der Waals surface area contributed by atoms with Crippen molar-refractivity contribution in [3.05, 3.63) is 12.2 Å². The lowest BCUT2D eigenvalue weighted by Gasteiger charge is -2.34. The molecule has 0 spiro atoms. The van der Waals surface area contributed by atoms with Crippen LogP contribution in [0, 0.1) is 10.8 Å². The molecule has 1 unspecified atom stereocenters. The summed E-state index contributed by atoms with van der Waals surface area (Å²) in [4.78, 5) is 11.5. The highest BCUT2D eigenvalue weighted by atomic mass is 16.5. The highest BCUT2D eigenvalue weighted by Crippen LogP contribution is 2.48. The van der Waals surface area contributed by atoms with Gasteiger partial charge in [-0.25, -0.2) is 0 Å². The number of methoxy groups -OCH3 is 1. The Balaban J connectivity index is 2.97. The normalized spacial score (nSPS) is 32.0. The van der Waals surface area contributed by atoms with Crippen LogP contribution in [0.15, 0.2) is 12.2 Å². The smallest absolute Gasteiger partial charge is 0.315 e. The predicted octanol–water partition coefficient (Wildman–Crippen LogP) is 2.15. The summed E-state index contributed by atoms with van der Waals surface area (Å²) in [5, 5.41) is 0. The summed E-state index contributed by atoms with van der Waals surface area (Å²) in [5.74, 6) is -0.138. The summed E-state index contributed by atoms with van der Waals surface area (Å²) in [6, 6.07) is 0. The second-order valence-electron chi connectivity index (χ2n) is 4.18. The number of rotatable bonds is 1. The number of ether oxygens (including phenoxy) is 1. The lowest BCUT2D eigenvalue weighted by molar-refractivity contribution is -0.154. The van der Waals surface area contributed by atoms with Gasteiger partial charge in [-0.2, -0.15) is 0 Å². The first-order chi connectivity index (χ1) is 5.44. The third-order valence-electron chi connectivity index (χ3n) is 3.09. The quantitative estimate of drug-likeness (QED) is 0.443. The van der Waals surface area contributed by atoms with Gasteiger partial charge in [-0.3, -0.25) is 4.79 Å². The van der Waals surface area contributed by atoms with Gasteiger partial charge >= 0.3 is 5.97 Å². The van der Waals surface area contributed by atoms with Gasteiger partial charge in [0.1, 0.15) is 0 Å². The van der Waals surface area contributed by atoms with Crippen LogP contribution in [0.3, 0.4) is 0 Å². The molecular formula is C10H16O2. The number of hydrogen-bond acceptors (Lipinski definition) is 2. The third kappa shape index (κ3) is 1.06. The molecule has 68 valence electrons. The van der Waals surface area contributed by atoms with Gasteiger partial charge in [0.15, 0.2) is 0 Å². The molecule has 1 atom stereocenters. The Hall–Kier alpha value is -0.790. The van der Waals surface area contributed by atoms with E-state index in [2.05, 4.69) is 19.9 Å². The fourth-order valence-electron chi connectivity index (χ4n) is 1.58. The monoisotopic (exact) mass is 168 g/mol. The van der Waals surface area contributed by atoms with Crippen molar-refractivity contribution in [1.82, 2.24) is 0 Å². The van der Waals surface area contributed by atoms with E-state index in [1.54, 1.807) is 0 Å². The molecule has 0 heterocycles. The van der Waals surface area contributed by atoms with Crippen LogP contribution in [0.2, 0.25) is 0 Å². The molecule has 0 bridgehead atoms. The molecule has 0 aliphatic heterocycles. The number of allylic oxidation sites excluding steroid dienone is 1. The van der Waals surface area contributed by atoms with Crippen LogP contribution < -0.4 is 0 Å². The zero-order chi connectivity index (χ0) is 9.41. The lowest BCUT2D eigenvalue weighted by atomic mass is 9.69. The molecule has 1 aliphatic carbocycles. The minimum atomic E-state index is -0.443. The van der Waals surface area contributed by atoms with Crippen LogP contribution in [0.25, 0.3) is 0 Å². The van der Waals surface area contributed by atoms with Crippen LogP contribution in [-0.4, -0.2) is 13.1 Å². The maximum Gasteiger partial charge on any atom is 0.315 e. The van der Waals surface area contributed by atoms with Crippen molar-refractivity contribution >= 4 is 5.97 Å². The average molecular weight is 168 g/mol. The molecule has 0 radical (unpaired) electrons. The summed E-state index contributed by atoms with van der Waals surface area (Å²) in [5.41, 5.74) is -0.457. The minimum Gasteiger partial charge on any atom is -0.468 e. The molecule has 12 heavy (non-hydrogen) atoms. The van der Waals surface area contributed by atoms with Crippen LogP contribution >= 0.6 is 0 Å². The lowest BCUT2D eigenvalue weighted by Crippen LogP contribution is -2.38. The van der Waals surface area contributed by atoms with Crippen LogP contribution in [-0.2, 0) is 9.53 Å². The number of carbonyl (C=O) groups excluding carboxylic acids is 1. The Morgan fingerprint density at radius 2 is 2.00 bits per heavy atom. The van der Waals surface area contributed by atoms with Crippen molar-refractivity contribution in [2.75, 3.05) is 7.11 Å². The topological polar surface area (TPSA) is 26.3 Å². The molecule has 0 aromatic heterocycles. The summed E-state index contributed by atoms with van der Waals surface area (Å²) < 4.78 is 4.78. The SMILES string of the molecule is COC(=O)C1(C)C=CCC1(C)C. The molecule has 2 heteroatoms. The summed E-state index contributed by atoms with van der Waals surface area (Å²) >= 11 is 0. The first-order valence-electron chi connectivity index (χ1n) is 4.20. The zero-order valence-electron chi connectivity index (χ0n) is 8.18. The highest BCUT2D eigenvalue weighted by molar-refractivity contribution is 5.80. The molecule has 0 amide bonds. The second-order valence-corrected chi connectivity index (χ2v) is 4.18. The standard InChI is InChI=1S/C10H16O2/c1-9(2)6-5-7-10(9,3)8(11)12-4/h5,7H,6H2,1-4H3. The van der Waals surface area contributed by atoms with Gasteiger partial charge in [0.2, 0.25) is 0 Å². The zero-order valence-corrected chi connectivity index (χ0v) is 8.18. The van der Waals surface area contributed by atoms with E-state index >= 15 is 0 Å². The Labute approximate surface area is 73.6 Å². The van der Waals surface area contributed by atoms with Crippen LogP contribution in [0.5, 0.6) is 0 Å². The van der Waals surface area contributed by atoms with E-state index in [0.717, 1.165) is 6.42 Å². The number of esters is 1. The molecule has 0 saturated heterocycles. The van der Waals surface area contributed by atoms with Crippen molar-refractivity contribution in [3.63, 3.8) is 0 Å². The van der Waals surface area contributed by atoms with Crippen LogP contribution in [0.1, 0.15) is 27.2 Å². The summed E-state index contributed by atoms with van der Waals surface area (Å²) in [6.07, 6.45) is 4.95. The minimum absolute atomic E-state index is 0.0138. The van der Waals surface area contributed by atoms with Gasteiger partial charge in [-0.15, -0.1) is 0 Å². The summed E-state index contributed by atoms with van der Waals surface area (Å²) in [7, 11) is 1.44. The molecule has 0 fully saturated rings. The van der Waals surface area contributed by atoms with E-state index in [4.69, 9.17) is 4.74 Å². The van der Waals surface area contributed by atoms with Crippen molar-refractivity contribution < 1.29 is 9.53 Å². The van der Waals surface area contributed by atoms with Gasteiger partial charge in [0.05, 0.1) is 12.5 Å². The maximum atomic E-state index is 11.5. The van der Waals surface area contributed by atoms with E-state index < -0.39 is 5.41 Å². The Morgan fingerprint density at radius 1 is 1.42 bits per heavy atom. The first-order valence-corrected chi connectivity index (χ1v) is 4.20. The predicted molar refractivity (Wildman–Crippen MR) is 47.7 cm³/mol. The molecule has 0 N–H and O–H groups in total. The molecule has 1 aliphatic rings. The highest BCUT2D eigenvalue weighted by Gasteiger charge is 2.48. The van der Waals surface area contributed by atoms with E-state index in [0.29, 0.717) is 0 Å². The van der Waals surface area contributed by atoms with Crippen molar-refractivity contribution in [1.29, 1.82) is 0 Å². The molecule has 0 aromatic rings. The molecule has 1 rings (SSSR count). The van der Waals surface area contributed by atoms with E-state index in [-0.39, 0.29) is 11.4 Å². The maximum absolute atomic E-state index is 11.5. The largest absolute Gasteiger partial charge is 0.468 e. The van der Waals surface area contributed by atoms with Gasteiger partial charge in [0.25, 0.3) is 0 Å². The number of carbonyl (C=O) groups is 1. The fourth-order valence-corrected chi connectivity index (χ4v) is 1.58. The van der Waals surface area contributed by atoms with Gasteiger partial charge in [-0.1, -0.05) is 26.0 Å². The van der Waals surface area contributed by atoms with E-state index in [9.17, 15) is 4.79 Å². The molecule has 0 aromatic carbocycles. The van der Waals surface area contributed by atoms with E-state index in [1.165, 1.54) is 7.11 Å². The van der Waals surface area contributed by atoms with Gasteiger partial charge < -0.3 is 4.74 Å². The Bertz CT molecular complexity index is 228. The van der Waals surface area contributed by atoms with E-state index in [1.807, 2.05) is 13.0 Å². The first kappa shape index (κ1) is 9.30. The third-order valence-corrected chi connectivity index (χ3v) is 3.09. The Kier molecular flexibility index (Phi) is 2.02. The van der Waals surface area contributed by atoms with Crippen molar-refractivity contribution in [3.8, 4) is 0 Å². The number of hydrogen-bond donors (Lipinski definition) is 0. The van der Waals surface area contributed by atoms with Crippen molar-refractivity contribution in [2.45, 2.75) is 27.2 Å². The fraction of sp³-hybridized carbons (Fsp3) is 0.700. The van der Waals surface area contributed by atoms with Crippen molar-refractivity contribution in [2.24, 2.45) is 10.8 Å². The molecule has 2 nitrogen and oxygen atoms in total. The van der Waals surface area contributed by atoms with Gasteiger partial charge in [0, 0.05) is 0 Å². The van der Waals surface area contributed by atoms with Gasteiger partial charge in [-0.05, 0) is 18.8 Å².